The third-order valence-corrected chi connectivity index (χ3v) is 2.32. The van der Waals surface area contributed by atoms with Gasteiger partial charge in [0.2, 0.25) is 0 Å². The van der Waals surface area contributed by atoms with Gasteiger partial charge < -0.3 is 9.26 Å². The molecule has 1 heterocycles. The third-order valence-electron chi connectivity index (χ3n) is 2.32. The van der Waals surface area contributed by atoms with Gasteiger partial charge in [-0.1, -0.05) is 19.0 Å². The maximum atomic E-state index is 11.3. The minimum atomic E-state index is -0.433. The summed E-state index contributed by atoms with van der Waals surface area (Å²) in [6.45, 7) is 8.79. The van der Waals surface area contributed by atoms with E-state index in [9.17, 15) is 4.79 Å². The molecule has 0 N–H and O–H groups in total. The van der Waals surface area contributed by atoms with E-state index in [2.05, 4.69) is 23.9 Å². The molecule has 0 bridgehead atoms. The molecule has 0 amide bonds. The van der Waals surface area contributed by atoms with Crippen molar-refractivity contribution in [3.63, 3.8) is 0 Å². The lowest BCUT2D eigenvalue weighted by Gasteiger charge is -2.14. The van der Waals surface area contributed by atoms with Crippen molar-refractivity contribution < 1.29 is 14.1 Å². The molecule has 5 nitrogen and oxygen atoms in total. The summed E-state index contributed by atoms with van der Waals surface area (Å²) < 4.78 is 9.90. The van der Waals surface area contributed by atoms with Gasteiger partial charge in [-0.3, -0.25) is 4.90 Å². The van der Waals surface area contributed by atoms with Crippen LogP contribution in [0.3, 0.4) is 0 Å². The van der Waals surface area contributed by atoms with E-state index in [1.807, 2.05) is 0 Å². The lowest BCUT2D eigenvalue weighted by atomic mass is 10.3. The van der Waals surface area contributed by atoms with Crippen LogP contribution in [0.4, 0.5) is 0 Å². The standard InChI is InChI=1S/C11H18N2O3/c1-4-13(5-2)8-9-7-10(12-16-9)11(14)15-6-3/h7H,4-6,8H2,1-3H3. The topological polar surface area (TPSA) is 55.6 Å². The fraction of sp³-hybridized carbons (Fsp3) is 0.636. The van der Waals surface area contributed by atoms with E-state index in [1.165, 1.54) is 0 Å². The molecule has 1 rings (SSSR count). The number of esters is 1. The molecule has 0 saturated carbocycles. The van der Waals surface area contributed by atoms with Gasteiger partial charge in [0.1, 0.15) is 0 Å². The van der Waals surface area contributed by atoms with Crippen LogP contribution < -0.4 is 0 Å². The van der Waals surface area contributed by atoms with Gasteiger partial charge in [0, 0.05) is 6.07 Å². The summed E-state index contributed by atoms with van der Waals surface area (Å²) in [7, 11) is 0. The van der Waals surface area contributed by atoms with E-state index in [1.54, 1.807) is 13.0 Å². The Kier molecular flexibility index (Phi) is 4.98. The van der Waals surface area contributed by atoms with Gasteiger partial charge in [0.05, 0.1) is 13.2 Å². The summed E-state index contributed by atoms with van der Waals surface area (Å²) in [6.07, 6.45) is 0. The van der Waals surface area contributed by atoms with Crippen molar-refractivity contribution in [2.24, 2.45) is 0 Å². The number of rotatable bonds is 6. The third kappa shape index (κ3) is 3.34. The van der Waals surface area contributed by atoms with Crippen molar-refractivity contribution in [2.75, 3.05) is 19.7 Å². The first-order chi connectivity index (χ1) is 7.71. The van der Waals surface area contributed by atoms with E-state index < -0.39 is 5.97 Å². The first kappa shape index (κ1) is 12.7. The average Bonchev–Trinajstić information content (AvgIpc) is 2.74. The molecule has 0 aliphatic rings. The molecule has 0 saturated heterocycles. The van der Waals surface area contributed by atoms with Crippen molar-refractivity contribution in [3.05, 3.63) is 17.5 Å². The smallest absolute Gasteiger partial charge is 0.360 e. The van der Waals surface area contributed by atoms with Gasteiger partial charge in [0.25, 0.3) is 0 Å². The fourth-order valence-electron chi connectivity index (χ4n) is 1.36. The number of hydrogen-bond acceptors (Lipinski definition) is 5. The summed E-state index contributed by atoms with van der Waals surface area (Å²) >= 11 is 0. The highest BCUT2D eigenvalue weighted by Gasteiger charge is 2.14. The normalized spacial score (nSPS) is 10.8. The van der Waals surface area contributed by atoms with E-state index in [-0.39, 0.29) is 5.69 Å². The molecule has 0 aromatic carbocycles. The van der Waals surface area contributed by atoms with Gasteiger partial charge in [-0.05, 0) is 20.0 Å². The Hall–Kier alpha value is -1.36. The summed E-state index contributed by atoms with van der Waals surface area (Å²) in [5.41, 5.74) is 0.240. The number of carbonyl (C=O) groups excluding carboxylic acids is 1. The van der Waals surface area contributed by atoms with Crippen LogP contribution in [-0.2, 0) is 11.3 Å². The molecule has 1 aromatic heterocycles. The molecule has 16 heavy (non-hydrogen) atoms. The van der Waals surface area contributed by atoms with Crippen LogP contribution in [-0.4, -0.2) is 35.7 Å². The number of nitrogens with zero attached hydrogens (tertiary/aromatic N) is 2. The Morgan fingerprint density at radius 1 is 1.44 bits per heavy atom. The Morgan fingerprint density at radius 2 is 2.12 bits per heavy atom. The van der Waals surface area contributed by atoms with Gasteiger partial charge in [-0.15, -0.1) is 0 Å². The highest BCUT2D eigenvalue weighted by atomic mass is 16.5. The second-order valence-electron chi connectivity index (χ2n) is 3.36. The number of carbonyl (C=O) groups is 1. The zero-order valence-electron chi connectivity index (χ0n) is 10.0. The van der Waals surface area contributed by atoms with Gasteiger partial charge in [-0.25, -0.2) is 4.79 Å². The van der Waals surface area contributed by atoms with Crippen LogP contribution in [0.1, 0.15) is 37.0 Å². The molecule has 5 heteroatoms. The molecule has 90 valence electrons. The highest BCUT2D eigenvalue weighted by Crippen LogP contribution is 2.08. The van der Waals surface area contributed by atoms with Crippen LogP contribution in [0.15, 0.2) is 10.6 Å². The highest BCUT2D eigenvalue weighted by molar-refractivity contribution is 5.87. The molecule has 0 fully saturated rings. The summed E-state index contributed by atoms with van der Waals surface area (Å²) in [5.74, 6) is 0.254. The monoisotopic (exact) mass is 226 g/mol. The minimum absolute atomic E-state index is 0.240. The van der Waals surface area contributed by atoms with E-state index >= 15 is 0 Å². The zero-order chi connectivity index (χ0) is 12.0. The lowest BCUT2D eigenvalue weighted by Crippen LogP contribution is -2.21. The molecule has 1 aromatic rings. The van der Waals surface area contributed by atoms with Crippen LogP contribution in [0.2, 0.25) is 0 Å². The van der Waals surface area contributed by atoms with Crippen molar-refractivity contribution >= 4 is 5.97 Å². The molecular formula is C11H18N2O3. The largest absolute Gasteiger partial charge is 0.461 e. The van der Waals surface area contributed by atoms with E-state index in [4.69, 9.17) is 9.26 Å². The summed E-state index contributed by atoms with van der Waals surface area (Å²) in [6, 6.07) is 1.64. The molecule has 0 radical (unpaired) electrons. The zero-order valence-corrected chi connectivity index (χ0v) is 10.0. The minimum Gasteiger partial charge on any atom is -0.461 e. The second kappa shape index (κ2) is 6.27. The molecular weight excluding hydrogens is 208 g/mol. The predicted molar refractivity (Wildman–Crippen MR) is 59.1 cm³/mol. The maximum Gasteiger partial charge on any atom is 0.360 e. The van der Waals surface area contributed by atoms with Crippen molar-refractivity contribution in [1.29, 1.82) is 0 Å². The van der Waals surface area contributed by atoms with Crippen LogP contribution >= 0.6 is 0 Å². The number of hydrogen-bond donors (Lipinski definition) is 0. The van der Waals surface area contributed by atoms with Gasteiger partial charge in [-0.2, -0.15) is 0 Å². The fourth-order valence-corrected chi connectivity index (χ4v) is 1.36. The second-order valence-corrected chi connectivity index (χ2v) is 3.36. The molecule has 0 unspecified atom stereocenters. The van der Waals surface area contributed by atoms with Crippen molar-refractivity contribution in [1.82, 2.24) is 10.1 Å². The quantitative estimate of drug-likeness (QED) is 0.691. The van der Waals surface area contributed by atoms with E-state index in [0.717, 1.165) is 13.1 Å². The van der Waals surface area contributed by atoms with Crippen LogP contribution in [0.5, 0.6) is 0 Å². The Bertz CT molecular complexity index is 332. The Labute approximate surface area is 95.4 Å². The Morgan fingerprint density at radius 3 is 2.69 bits per heavy atom. The van der Waals surface area contributed by atoms with Crippen molar-refractivity contribution in [3.8, 4) is 0 Å². The SMILES string of the molecule is CCOC(=O)c1cc(CN(CC)CC)on1. The van der Waals surface area contributed by atoms with Gasteiger partial charge in [0.15, 0.2) is 11.5 Å². The number of ether oxygens (including phenoxy) is 1. The molecule has 0 atom stereocenters. The summed E-state index contributed by atoms with van der Waals surface area (Å²) in [5, 5.41) is 3.68. The first-order valence-corrected chi connectivity index (χ1v) is 5.56. The van der Waals surface area contributed by atoms with Crippen LogP contribution in [0, 0.1) is 0 Å². The molecule has 0 aliphatic heterocycles. The lowest BCUT2D eigenvalue weighted by molar-refractivity contribution is 0.0514. The van der Waals surface area contributed by atoms with Crippen molar-refractivity contribution in [2.45, 2.75) is 27.3 Å². The maximum absolute atomic E-state index is 11.3. The predicted octanol–water partition coefficient (Wildman–Crippen LogP) is 1.69. The average molecular weight is 226 g/mol. The van der Waals surface area contributed by atoms with Gasteiger partial charge >= 0.3 is 5.97 Å². The number of aromatic nitrogens is 1. The summed E-state index contributed by atoms with van der Waals surface area (Å²) in [4.78, 5) is 13.5. The van der Waals surface area contributed by atoms with Crippen LogP contribution in [0.25, 0.3) is 0 Å². The molecule has 0 aliphatic carbocycles. The van der Waals surface area contributed by atoms with E-state index in [0.29, 0.717) is 18.9 Å². The molecule has 0 spiro atoms. The first-order valence-electron chi connectivity index (χ1n) is 5.56. The Balaban J connectivity index is 2.60.